The van der Waals surface area contributed by atoms with Gasteiger partial charge < -0.3 is 0 Å². The van der Waals surface area contributed by atoms with Crippen LogP contribution in [-0.4, -0.2) is 28.3 Å². The van der Waals surface area contributed by atoms with Gasteiger partial charge in [-0.05, 0) is 55.7 Å². The topological polar surface area (TPSA) is 47.9 Å². The number of thioether (sulfide) groups is 1. The molecule has 0 aromatic heterocycles. The van der Waals surface area contributed by atoms with Crippen molar-refractivity contribution in [3.63, 3.8) is 0 Å². The minimum Gasteiger partial charge on any atom is -0.251 e. The zero-order chi connectivity index (χ0) is 23.7. The highest BCUT2D eigenvalue weighted by molar-refractivity contribution is 8.00. The van der Waals surface area contributed by atoms with E-state index in [1.54, 1.807) is 0 Å². The molecule has 1 aliphatic heterocycles. The molecule has 1 N–H and O–H groups in total. The molecular formula is C29H32O4S. The fourth-order valence-corrected chi connectivity index (χ4v) is 7.14. The molecule has 0 spiro atoms. The maximum atomic E-state index is 9.44. The van der Waals surface area contributed by atoms with Crippen molar-refractivity contribution in [2.24, 2.45) is 5.92 Å². The summed E-state index contributed by atoms with van der Waals surface area (Å²) in [5, 5.41) is 9.44. The lowest BCUT2D eigenvalue weighted by molar-refractivity contribution is -0.468. The van der Waals surface area contributed by atoms with Crippen LogP contribution in [0, 0.1) is 5.92 Å². The van der Waals surface area contributed by atoms with Gasteiger partial charge in [0.25, 0.3) is 0 Å². The third-order valence-electron chi connectivity index (χ3n) is 7.71. The number of rotatable bonds is 7. The van der Waals surface area contributed by atoms with Crippen molar-refractivity contribution < 1.29 is 19.9 Å². The molecule has 1 unspecified atom stereocenters. The highest BCUT2D eigenvalue weighted by atomic mass is 32.2. The number of hydrogen-bond donors (Lipinski definition) is 1. The molecule has 178 valence electrons. The van der Waals surface area contributed by atoms with Crippen LogP contribution >= 0.6 is 11.8 Å². The van der Waals surface area contributed by atoms with Gasteiger partial charge in [-0.3, -0.25) is 5.26 Å². The second-order valence-electron chi connectivity index (χ2n) is 9.92. The van der Waals surface area contributed by atoms with E-state index in [1.807, 2.05) is 18.7 Å². The summed E-state index contributed by atoms with van der Waals surface area (Å²) in [6.07, 6.45) is 2.20. The Kier molecular flexibility index (Phi) is 6.58. The molecule has 4 atom stereocenters. The SMILES string of the molecule is CC1(CSC(c2ccccc2)(c2ccccc2)c2ccccc2)OO[C@@H]2C[C@H]1CC[C@@]2(C)OO. The van der Waals surface area contributed by atoms with Crippen LogP contribution in [0.1, 0.15) is 49.8 Å². The van der Waals surface area contributed by atoms with E-state index in [9.17, 15) is 5.26 Å². The van der Waals surface area contributed by atoms with Gasteiger partial charge in [-0.2, -0.15) is 0 Å². The lowest BCUT2D eigenvalue weighted by atomic mass is 9.71. The van der Waals surface area contributed by atoms with Crippen molar-refractivity contribution >= 4 is 11.8 Å². The molecule has 4 nitrogen and oxygen atoms in total. The Morgan fingerprint density at radius 1 is 0.882 bits per heavy atom. The van der Waals surface area contributed by atoms with Gasteiger partial charge in [0.1, 0.15) is 17.3 Å². The summed E-state index contributed by atoms with van der Waals surface area (Å²) in [6, 6.07) is 32.2. The van der Waals surface area contributed by atoms with Crippen LogP contribution in [0.15, 0.2) is 91.0 Å². The van der Waals surface area contributed by atoms with Crippen molar-refractivity contribution in [2.75, 3.05) is 5.75 Å². The van der Waals surface area contributed by atoms with Crippen molar-refractivity contribution in [2.45, 2.75) is 55.2 Å². The van der Waals surface area contributed by atoms with Crippen LogP contribution in [0.3, 0.4) is 0 Å². The lowest BCUT2D eigenvalue weighted by Crippen LogP contribution is -2.58. The standard InChI is InChI=1S/C29H32O4S/c1-27(32-30)19-18-25-20-26(27)31-33-28(25,2)21-34-29(22-12-6-3-7-13-22,23-14-8-4-9-15-23)24-16-10-5-11-17-24/h3-17,25-26,30H,18-21H2,1-2H3/t25-,26-,27-,28?/m1/s1. The van der Waals surface area contributed by atoms with Crippen LogP contribution < -0.4 is 0 Å². The summed E-state index contributed by atoms with van der Waals surface area (Å²) in [6.45, 7) is 4.05. The quantitative estimate of drug-likeness (QED) is 0.230. The van der Waals surface area contributed by atoms with Crippen molar-refractivity contribution in [3.8, 4) is 0 Å². The van der Waals surface area contributed by atoms with Gasteiger partial charge in [0.2, 0.25) is 0 Å². The second kappa shape index (κ2) is 9.48. The Morgan fingerprint density at radius 2 is 1.38 bits per heavy atom. The summed E-state index contributed by atoms with van der Waals surface area (Å²) in [5.74, 6) is 1.07. The molecule has 1 saturated heterocycles. The number of hydrogen-bond acceptors (Lipinski definition) is 5. The summed E-state index contributed by atoms with van der Waals surface area (Å²) in [5.41, 5.74) is 2.54. The molecule has 5 rings (SSSR count). The maximum absolute atomic E-state index is 9.44. The molecule has 2 aliphatic rings. The molecule has 3 aromatic carbocycles. The van der Waals surface area contributed by atoms with E-state index in [4.69, 9.17) is 14.7 Å². The van der Waals surface area contributed by atoms with E-state index in [2.05, 4.69) is 97.9 Å². The first-order valence-corrected chi connectivity index (χ1v) is 13.0. The van der Waals surface area contributed by atoms with Crippen molar-refractivity contribution in [1.29, 1.82) is 0 Å². The van der Waals surface area contributed by atoms with Crippen LogP contribution in [0.5, 0.6) is 0 Å². The Balaban J connectivity index is 1.53. The Morgan fingerprint density at radius 3 is 1.85 bits per heavy atom. The Bertz CT molecular complexity index is 980. The van der Waals surface area contributed by atoms with Crippen molar-refractivity contribution in [1.82, 2.24) is 0 Å². The van der Waals surface area contributed by atoms with Crippen LogP contribution in [0.2, 0.25) is 0 Å². The first-order valence-electron chi connectivity index (χ1n) is 12.0. The van der Waals surface area contributed by atoms with Crippen LogP contribution in [0.25, 0.3) is 0 Å². The molecule has 0 radical (unpaired) electrons. The van der Waals surface area contributed by atoms with E-state index >= 15 is 0 Å². The highest BCUT2D eigenvalue weighted by Gasteiger charge is 2.54. The van der Waals surface area contributed by atoms with Gasteiger partial charge in [-0.25, -0.2) is 14.7 Å². The Hall–Kier alpha value is -2.15. The zero-order valence-corrected chi connectivity index (χ0v) is 20.5. The second-order valence-corrected chi connectivity index (χ2v) is 11.1. The van der Waals surface area contributed by atoms with E-state index < -0.39 is 15.9 Å². The van der Waals surface area contributed by atoms with Gasteiger partial charge in [0.05, 0.1) is 4.75 Å². The highest BCUT2D eigenvalue weighted by Crippen LogP contribution is 2.53. The first kappa shape index (κ1) is 23.6. The van der Waals surface area contributed by atoms with Crippen molar-refractivity contribution in [3.05, 3.63) is 108 Å². The summed E-state index contributed by atoms with van der Waals surface area (Å²) in [7, 11) is 0. The molecule has 5 heteroatoms. The molecule has 1 aliphatic carbocycles. The predicted octanol–water partition coefficient (Wildman–Crippen LogP) is 6.85. The van der Waals surface area contributed by atoms with E-state index in [0.717, 1.165) is 25.0 Å². The van der Waals surface area contributed by atoms with E-state index in [0.29, 0.717) is 5.92 Å². The summed E-state index contributed by atoms with van der Waals surface area (Å²) in [4.78, 5) is 16.8. The van der Waals surface area contributed by atoms with Gasteiger partial charge in [0.15, 0.2) is 0 Å². The fourth-order valence-electron chi connectivity index (χ4n) is 5.45. The largest absolute Gasteiger partial charge is 0.251 e. The number of benzene rings is 3. The predicted molar refractivity (Wildman–Crippen MR) is 135 cm³/mol. The lowest BCUT2D eigenvalue weighted by Gasteiger charge is -2.51. The minimum absolute atomic E-state index is 0.267. The minimum atomic E-state index is -0.715. The molecule has 2 fully saturated rings. The maximum Gasteiger partial charge on any atom is 0.130 e. The fraction of sp³-hybridized carbons (Fsp3) is 0.379. The number of fused-ring (bicyclic) bond motifs is 2. The molecule has 1 heterocycles. The third-order valence-corrected chi connectivity index (χ3v) is 9.57. The normalized spacial score (nSPS) is 29.0. The molecule has 34 heavy (non-hydrogen) atoms. The van der Waals surface area contributed by atoms with Gasteiger partial charge >= 0.3 is 0 Å². The average molecular weight is 477 g/mol. The molecule has 3 aromatic rings. The first-order chi connectivity index (χ1) is 16.5. The van der Waals surface area contributed by atoms with E-state index in [1.165, 1.54) is 16.7 Å². The molecule has 2 bridgehead atoms. The average Bonchev–Trinajstić information content (AvgIpc) is 2.90. The molecule has 1 saturated carbocycles. The van der Waals surface area contributed by atoms with Gasteiger partial charge in [-0.15, -0.1) is 11.8 Å². The molecular weight excluding hydrogens is 444 g/mol. The Labute approximate surface area is 206 Å². The van der Waals surface area contributed by atoms with E-state index in [-0.39, 0.29) is 6.10 Å². The monoisotopic (exact) mass is 476 g/mol. The third kappa shape index (κ3) is 4.10. The van der Waals surface area contributed by atoms with Crippen LogP contribution in [-0.2, 0) is 19.4 Å². The summed E-state index contributed by atoms with van der Waals surface area (Å²) >= 11 is 1.90. The van der Waals surface area contributed by atoms with Gasteiger partial charge in [-0.1, -0.05) is 91.0 Å². The molecule has 0 amide bonds. The summed E-state index contributed by atoms with van der Waals surface area (Å²) < 4.78 is -0.398. The van der Waals surface area contributed by atoms with Crippen LogP contribution in [0.4, 0.5) is 0 Å². The zero-order valence-electron chi connectivity index (χ0n) is 19.7. The smallest absolute Gasteiger partial charge is 0.130 e. The van der Waals surface area contributed by atoms with Gasteiger partial charge in [0, 0.05) is 5.75 Å².